The summed E-state index contributed by atoms with van der Waals surface area (Å²) in [6.45, 7) is 0. The van der Waals surface area contributed by atoms with E-state index in [-0.39, 0.29) is 21.9 Å². The lowest BCUT2D eigenvalue weighted by atomic mass is 10.0. The van der Waals surface area contributed by atoms with E-state index in [4.69, 9.17) is 23.8 Å². The van der Waals surface area contributed by atoms with E-state index >= 15 is 0 Å². The van der Waals surface area contributed by atoms with Crippen molar-refractivity contribution in [2.75, 3.05) is 9.80 Å². The van der Waals surface area contributed by atoms with Gasteiger partial charge in [-0.2, -0.15) is 0 Å². The van der Waals surface area contributed by atoms with Crippen LogP contribution in [0.3, 0.4) is 0 Å². The zero-order valence-electron chi connectivity index (χ0n) is 16.3. The van der Waals surface area contributed by atoms with E-state index in [0.717, 1.165) is 0 Å². The molecule has 2 amide bonds. The van der Waals surface area contributed by atoms with Crippen molar-refractivity contribution in [2.45, 2.75) is 0 Å². The maximum atomic E-state index is 13.4. The molecule has 7 nitrogen and oxygen atoms in total. The van der Waals surface area contributed by atoms with Gasteiger partial charge in [0, 0.05) is 11.1 Å². The monoisotopic (exact) mass is 463 g/mol. The first-order valence-electron chi connectivity index (χ1n) is 9.37. The summed E-state index contributed by atoms with van der Waals surface area (Å²) in [5.41, 5.74) is 0.456. The molecule has 0 aromatic heterocycles. The Bertz CT molecular complexity index is 1290. The van der Waals surface area contributed by atoms with Gasteiger partial charge in [-0.1, -0.05) is 48.0 Å². The van der Waals surface area contributed by atoms with E-state index in [1.807, 2.05) is 0 Å². The van der Waals surface area contributed by atoms with Crippen LogP contribution in [0.15, 0.2) is 84.4 Å². The van der Waals surface area contributed by atoms with Gasteiger partial charge in [-0.25, -0.2) is 0 Å². The van der Waals surface area contributed by atoms with Gasteiger partial charge in [-0.05, 0) is 54.7 Å². The van der Waals surface area contributed by atoms with Crippen LogP contribution in [0.5, 0.6) is 0 Å². The number of benzene rings is 3. The molecular weight excluding hydrogens is 450 g/mol. The fourth-order valence-corrected chi connectivity index (χ4v) is 3.87. The summed E-state index contributed by atoms with van der Waals surface area (Å²) < 4.78 is 0. The highest BCUT2D eigenvalue weighted by atomic mass is 35.5. The van der Waals surface area contributed by atoms with Crippen LogP contribution in [-0.2, 0) is 9.59 Å². The molecule has 0 unspecified atom stereocenters. The minimum absolute atomic E-state index is 0.0480. The van der Waals surface area contributed by atoms with Gasteiger partial charge >= 0.3 is 0 Å². The predicted molar refractivity (Wildman–Crippen MR) is 127 cm³/mol. The van der Waals surface area contributed by atoms with Crippen molar-refractivity contribution in [3.8, 4) is 0 Å². The van der Waals surface area contributed by atoms with Crippen molar-refractivity contribution in [1.82, 2.24) is 0 Å². The normalized spacial score (nSPS) is 15.4. The highest BCUT2D eigenvalue weighted by molar-refractivity contribution is 7.81. The van der Waals surface area contributed by atoms with Crippen LogP contribution < -0.4 is 9.80 Å². The molecule has 0 spiro atoms. The summed E-state index contributed by atoms with van der Waals surface area (Å²) in [4.78, 5) is 40.1. The smallest absolute Gasteiger partial charge is 0.268 e. The molecule has 0 aliphatic carbocycles. The Morgan fingerprint density at radius 2 is 1.44 bits per heavy atom. The Balaban J connectivity index is 1.91. The minimum Gasteiger partial charge on any atom is -0.268 e. The van der Waals surface area contributed by atoms with Crippen LogP contribution >= 0.6 is 23.8 Å². The Hall–Kier alpha value is -3.88. The van der Waals surface area contributed by atoms with Crippen LogP contribution in [0.2, 0.25) is 5.02 Å². The van der Waals surface area contributed by atoms with E-state index in [2.05, 4.69) is 0 Å². The molecule has 0 atom stereocenters. The largest absolute Gasteiger partial charge is 0.276 e. The SMILES string of the molecule is O=C1C(=Cc2ccccc2[N+](=O)[O-])C(=O)N(c2cccc(Cl)c2)C(=S)N1c1ccccc1. The molecule has 158 valence electrons. The minimum atomic E-state index is -0.701. The third kappa shape index (κ3) is 3.89. The molecule has 3 aromatic carbocycles. The molecule has 4 rings (SSSR count). The lowest BCUT2D eigenvalue weighted by Crippen LogP contribution is -2.56. The van der Waals surface area contributed by atoms with Gasteiger partial charge in [-0.15, -0.1) is 0 Å². The van der Waals surface area contributed by atoms with Crippen molar-refractivity contribution in [3.63, 3.8) is 0 Å². The van der Waals surface area contributed by atoms with Crippen LogP contribution in [-0.4, -0.2) is 21.9 Å². The quantitative estimate of drug-likeness (QED) is 0.179. The van der Waals surface area contributed by atoms with Crippen LogP contribution in [0, 0.1) is 10.1 Å². The van der Waals surface area contributed by atoms with Gasteiger partial charge in [0.1, 0.15) is 5.57 Å². The maximum Gasteiger partial charge on any atom is 0.276 e. The summed E-state index contributed by atoms with van der Waals surface area (Å²) >= 11 is 11.6. The Morgan fingerprint density at radius 1 is 0.844 bits per heavy atom. The second-order valence-corrected chi connectivity index (χ2v) is 7.55. The number of halogens is 1. The molecule has 3 aromatic rings. The van der Waals surface area contributed by atoms with Gasteiger partial charge in [0.2, 0.25) is 0 Å². The summed E-state index contributed by atoms with van der Waals surface area (Å²) in [5, 5.41) is 11.8. The molecular formula is C23H14ClN3O4S. The van der Waals surface area contributed by atoms with E-state index < -0.39 is 16.7 Å². The fraction of sp³-hybridized carbons (Fsp3) is 0. The zero-order valence-corrected chi connectivity index (χ0v) is 17.9. The second kappa shape index (κ2) is 8.70. The summed E-state index contributed by atoms with van der Waals surface area (Å²) in [5.74, 6) is -1.38. The average Bonchev–Trinajstić information content (AvgIpc) is 2.78. The third-order valence-corrected chi connectivity index (χ3v) is 5.36. The molecule has 32 heavy (non-hydrogen) atoms. The molecule has 1 aliphatic heterocycles. The number of para-hydroxylation sites is 2. The number of nitrogens with zero attached hydrogens (tertiary/aromatic N) is 3. The van der Waals surface area contributed by atoms with Crippen LogP contribution in [0.4, 0.5) is 17.1 Å². The van der Waals surface area contributed by atoms with Crippen molar-refractivity contribution < 1.29 is 14.5 Å². The number of carbonyl (C=O) groups excluding carboxylic acids is 2. The second-order valence-electron chi connectivity index (χ2n) is 6.75. The van der Waals surface area contributed by atoms with Gasteiger partial charge in [0.25, 0.3) is 17.5 Å². The van der Waals surface area contributed by atoms with Crippen molar-refractivity contribution in [2.24, 2.45) is 0 Å². The molecule has 1 heterocycles. The fourth-order valence-electron chi connectivity index (χ4n) is 3.31. The highest BCUT2D eigenvalue weighted by Gasteiger charge is 2.41. The predicted octanol–water partition coefficient (Wildman–Crippen LogP) is 5.00. The first-order chi connectivity index (χ1) is 15.4. The highest BCUT2D eigenvalue weighted by Crippen LogP contribution is 2.32. The number of nitro groups is 1. The van der Waals surface area contributed by atoms with Crippen LogP contribution in [0.1, 0.15) is 5.56 Å². The summed E-state index contributed by atoms with van der Waals surface area (Å²) in [6.07, 6.45) is 1.22. The first kappa shape index (κ1) is 21.4. The molecule has 1 aliphatic rings. The first-order valence-corrected chi connectivity index (χ1v) is 10.2. The van der Waals surface area contributed by atoms with Gasteiger partial charge < -0.3 is 0 Å². The number of nitro benzene ring substituents is 1. The van der Waals surface area contributed by atoms with E-state index in [9.17, 15) is 19.7 Å². The molecule has 0 radical (unpaired) electrons. The van der Waals surface area contributed by atoms with Gasteiger partial charge in [0.15, 0.2) is 5.11 Å². The maximum absolute atomic E-state index is 13.4. The van der Waals surface area contributed by atoms with E-state index in [1.165, 1.54) is 34.1 Å². The number of amides is 2. The summed E-state index contributed by atoms with van der Waals surface area (Å²) in [6, 6.07) is 21.0. The Labute approximate surface area is 193 Å². The Morgan fingerprint density at radius 3 is 2.09 bits per heavy atom. The Kier molecular flexibility index (Phi) is 5.81. The summed E-state index contributed by atoms with van der Waals surface area (Å²) in [7, 11) is 0. The number of hydrogen-bond donors (Lipinski definition) is 0. The molecule has 0 N–H and O–H groups in total. The lowest BCUT2D eigenvalue weighted by molar-refractivity contribution is -0.385. The molecule has 0 bridgehead atoms. The molecule has 1 fully saturated rings. The van der Waals surface area contributed by atoms with Crippen molar-refractivity contribution in [3.05, 3.63) is 105 Å². The number of carbonyl (C=O) groups is 2. The standard InChI is InChI=1S/C23H14ClN3O4S/c24-16-8-6-11-18(14-16)26-22(29)19(13-15-7-4-5-12-20(15)27(30)31)21(28)25(23(26)32)17-9-2-1-3-10-17/h1-14H. The number of anilines is 2. The zero-order chi connectivity index (χ0) is 22.8. The van der Waals surface area contributed by atoms with Crippen molar-refractivity contribution in [1.29, 1.82) is 0 Å². The van der Waals surface area contributed by atoms with Crippen molar-refractivity contribution >= 4 is 63.9 Å². The van der Waals surface area contributed by atoms with E-state index in [0.29, 0.717) is 16.4 Å². The van der Waals surface area contributed by atoms with Crippen LogP contribution in [0.25, 0.3) is 6.08 Å². The number of rotatable bonds is 4. The third-order valence-electron chi connectivity index (χ3n) is 4.76. The van der Waals surface area contributed by atoms with E-state index in [1.54, 1.807) is 60.7 Å². The molecule has 0 saturated carbocycles. The topological polar surface area (TPSA) is 83.8 Å². The molecule has 1 saturated heterocycles. The molecule has 9 heteroatoms. The number of hydrogen-bond acceptors (Lipinski definition) is 5. The average molecular weight is 464 g/mol. The lowest BCUT2D eigenvalue weighted by Gasteiger charge is -2.36. The van der Waals surface area contributed by atoms with Gasteiger partial charge in [-0.3, -0.25) is 29.5 Å². The number of thiocarbonyl (C=S) groups is 1. The van der Waals surface area contributed by atoms with Gasteiger partial charge in [0.05, 0.1) is 21.9 Å².